The van der Waals surface area contributed by atoms with Crippen molar-refractivity contribution in [3.05, 3.63) is 24.0 Å². The first kappa shape index (κ1) is 12.8. The highest BCUT2D eigenvalue weighted by Gasteiger charge is 2.29. The van der Waals surface area contributed by atoms with Gasteiger partial charge in [0, 0.05) is 25.5 Å². The van der Waals surface area contributed by atoms with E-state index in [-0.39, 0.29) is 6.54 Å². The normalized spacial score (nSPS) is 11.9. The fourth-order valence-corrected chi connectivity index (χ4v) is 1.36. The largest absolute Gasteiger partial charge is 0.401 e. The Labute approximate surface area is 92.3 Å². The summed E-state index contributed by atoms with van der Waals surface area (Å²) in [5.74, 6) is 0. The lowest BCUT2D eigenvalue weighted by Crippen LogP contribution is -2.30. The van der Waals surface area contributed by atoms with Crippen molar-refractivity contribution in [2.24, 2.45) is 0 Å². The summed E-state index contributed by atoms with van der Waals surface area (Å²) in [6.07, 6.45) is -2.60. The van der Waals surface area contributed by atoms with Crippen LogP contribution in [0, 0.1) is 0 Å². The molecule has 1 rings (SSSR count). The van der Waals surface area contributed by atoms with E-state index in [9.17, 15) is 13.2 Å². The zero-order chi connectivity index (χ0) is 12.2. The lowest BCUT2D eigenvalue weighted by atomic mass is 10.3. The molecule has 0 spiro atoms. The molecule has 16 heavy (non-hydrogen) atoms. The maximum absolute atomic E-state index is 12.1. The second kappa shape index (κ2) is 5.16. The first-order chi connectivity index (χ1) is 7.40. The molecule has 0 saturated carbocycles. The Bertz CT molecular complexity index is 338. The van der Waals surface area contributed by atoms with Gasteiger partial charge in [-0.2, -0.15) is 13.2 Å². The van der Waals surface area contributed by atoms with Crippen molar-refractivity contribution in [2.45, 2.75) is 12.7 Å². The SMILES string of the molecule is CNc1ccnc(CN(C)CC(F)(F)F)c1. The van der Waals surface area contributed by atoms with E-state index < -0.39 is 12.7 Å². The Balaban J connectivity index is 2.59. The number of aromatic nitrogens is 1. The molecule has 1 heterocycles. The summed E-state index contributed by atoms with van der Waals surface area (Å²) < 4.78 is 36.2. The molecule has 0 saturated heterocycles. The van der Waals surface area contributed by atoms with E-state index in [0.717, 1.165) is 5.69 Å². The van der Waals surface area contributed by atoms with Crippen LogP contribution in [0.4, 0.5) is 18.9 Å². The zero-order valence-electron chi connectivity index (χ0n) is 9.17. The first-order valence-corrected chi connectivity index (χ1v) is 4.78. The lowest BCUT2D eigenvalue weighted by Gasteiger charge is -2.18. The van der Waals surface area contributed by atoms with Crippen molar-refractivity contribution in [2.75, 3.05) is 26.0 Å². The lowest BCUT2D eigenvalue weighted by molar-refractivity contribution is -0.144. The summed E-state index contributed by atoms with van der Waals surface area (Å²) in [6.45, 7) is -0.756. The Morgan fingerprint density at radius 2 is 2.12 bits per heavy atom. The highest BCUT2D eigenvalue weighted by Crippen LogP contribution is 2.17. The van der Waals surface area contributed by atoms with Gasteiger partial charge in [-0.25, -0.2) is 0 Å². The van der Waals surface area contributed by atoms with Crippen molar-refractivity contribution in [3.63, 3.8) is 0 Å². The highest BCUT2D eigenvalue weighted by molar-refractivity contribution is 5.42. The van der Waals surface area contributed by atoms with Gasteiger partial charge < -0.3 is 5.32 Å². The van der Waals surface area contributed by atoms with Crippen LogP contribution in [0.3, 0.4) is 0 Å². The topological polar surface area (TPSA) is 28.2 Å². The van der Waals surface area contributed by atoms with E-state index in [2.05, 4.69) is 10.3 Å². The van der Waals surface area contributed by atoms with Crippen molar-refractivity contribution in [3.8, 4) is 0 Å². The van der Waals surface area contributed by atoms with Crippen LogP contribution in [0.1, 0.15) is 5.69 Å². The van der Waals surface area contributed by atoms with Gasteiger partial charge in [0.25, 0.3) is 0 Å². The maximum Gasteiger partial charge on any atom is 0.401 e. The third-order valence-electron chi connectivity index (χ3n) is 1.99. The average molecular weight is 233 g/mol. The maximum atomic E-state index is 12.1. The zero-order valence-corrected chi connectivity index (χ0v) is 9.17. The summed E-state index contributed by atoms with van der Waals surface area (Å²) in [5.41, 5.74) is 1.45. The predicted octanol–water partition coefficient (Wildman–Crippen LogP) is 2.12. The first-order valence-electron chi connectivity index (χ1n) is 4.78. The Morgan fingerprint density at radius 3 is 2.69 bits per heavy atom. The molecule has 1 N–H and O–H groups in total. The van der Waals surface area contributed by atoms with Crippen LogP contribution in [0.5, 0.6) is 0 Å². The minimum Gasteiger partial charge on any atom is -0.388 e. The summed E-state index contributed by atoms with van der Waals surface area (Å²) in [6, 6.07) is 3.49. The Hall–Kier alpha value is -1.30. The fourth-order valence-electron chi connectivity index (χ4n) is 1.36. The minimum absolute atomic E-state index is 0.176. The van der Waals surface area contributed by atoms with Gasteiger partial charge in [-0.15, -0.1) is 0 Å². The van der Waals surface area contributed by atoms with Gasteiger partial charge in [0.2, 0.25) is 0 Å². The molecule has 0 atom stereocenters. The number of nitrogens with one attached hydrogen (secondary N) is 1. The second-order valence-corrected chi connectivity index (χ2v) is 3.57. The standard InChI is InChI=1S/C10H14F3N3/c1-14-8-3-4-15-9(5-8)6-16(2)7-10(11,12)13/h3-5H,6-7H2,1-2H3,(H,14,15). The van der Waals surface area contributed by atoms with Crippen LogP contribution in [0.25, 0.3) is 0 Å². The van der Waals surface area contributed by atoms with Gasteiger partial charge in [-0.3, -0.25) is 9.88 Å². The summed E-state index contributed by atoms with van der Waals surface area (Å²) in [7, 11) is 3.17. The van der Waals surface area contributed by atoms with E-state index in [4.69, 9.17) is 0 Å². The molecular formula is C10H14F3N3. The Kier molecular flexibility index (Phi) is 4.12. The number of hydrogen-bond acceptors (Lipinski definition) is 3. The summed E-state index contributed by atoms with van der Waals surface area (Å²) in [4.78, 5) is 5.19. The van der Waals surface area contributed by atoms with Crippen molar-refractivity contribution < 1.29 is 13.2 Å². The molecule has 0 aliphatic rings. The van der Waals surface area contributed by atoms with E-state index in [1.165, 1.54) is 11.9 Å². The van der Waals surface area contributed by atoms with Crippen molar-refractivity contribution >= 4 is 5.69 Å². The van der Waals surface area contributed by atoms with Gasteiger partial charge in [0.15, 0.2) is 0 Å². The predicted molar refractivity (Wildman–Crippen MR) is 56.2 cm³/mol. The quantitative estimate of drug-likeness (QED) is 0.863. The summed E-state index contributed by atoms with van der Waals surface area (Å²) >= 11 is 0. The molecule has 0 amide bonds. The average Bonchev–Trinajstić information content (AvgIpc) is 2.15. The van der Waals surface area contributed by atoms with E-state index >= 15 is 0 Å². The molecule has 1 aromatic rings. The number of nitrogens with zero attached hydrogens (tertiary/aromatic N) is 2. The number of halogens is 3. The molecule has 0 aliphatic carbocycles. The molecule has 1 aromatic heterocycles. The minimum atomic E-state index is -4.17. The van der Waals surface area contributed by atoms with Crippen LogP contribution in [0.2, 0.25) is 0 Å². The van der Waals surface area contributed by atoms with Crippen molar-refractivity contribution in [1.29, 1.82) is 0 Å². The van der Waals surface area contributed by atoms with Crippen LogP contribution in [-0.2, 0) is 6.54 Å². The van der Waals surface area contributed by atoms with Crippen LogP contribution < -0.4 is 5.32 Å². The molecular weight excluding hydrogens is 219 g/mol. The smallest absolute Gasteiger partial charge is 0.388 e. The van der Waals surface area contributed by atoms with Crippen LogP contribution in [-0.4, -0.2) is 36.7 Å². The second-order valence-electron chi connectivity index (χ2n) is 3.57. The van der Waals surface area contributed by atoms with Crippen molar-refractivity contribution in [1.82, 2.24) is 9.88 Å². The van der Waals surface area contributed by atoms with E-state index in [1.807, 2.05) is 0 Å². The molecule has 0 unspecified atom stereocenters. The molecule has 3 nitrogen and oxygen atoms in total. The fraction of sp³-hybridized carbons (Fsp3) is 0.500. The van der Waals surface area contributed by atoms with Gasteiger partial charge >= 0.3 is 6.18 Å². The number of anilines is 1. The molecule has 6 heteroatoms. The highest BCUT2D eigenvalue weighted by atomic mass is 19.4. The van der Waals surface area contributed by atoms with Crippen LogP contribution in [0.15, 0.2) is 18.3 Å². The molecule has 90 valence electrons. The monoisotopic (exact) mass is 233 g/mol. The van der Waals surface area contributed by atoms with E-state index in [1.54, 1.807) is 25.4 Å². The summed E-state index contributed by atoms with van der Waals surface area (Å²) in [5, 5.41) is 2.91. The molecule has 0 fully saturated rings. The van der Waals surface area contributed by atoms with Crippen LogP contribution >= 0.6 is 0 Å². The molecule has 0 radical (unpaired) electrons. The van der Waals surface area contributed by atoms with E-state index in [0.29, 0.717) is 5.69 Å². The molecule has 0 aromatic carbocycles. The number of rotatable bonds is 4. The third kappa shape index (κ3) is 4.48. The molecule has 0 bridgehead atoms. The van der Waals surface area contributed by atoms with Gasteiger partial charge in [0.05, 0.1) is 12.2 Å². The number of pyridine rings is 1. The number of hydrogen-bond donors (Lipinski definition) is 1. The Morgan fingerprint density at radius 1 is 1.44 bits per heavy atom. The third-order valence-corrected chi connectivity index (χ3v) is 1.99. The van der Waals surface area contributed by atoms with Gasteiger partial charge in [0.1, 0.15) is 0 Å². The number of alkyl halides is 3. The van der Waals surface area contributed by atoms with Gasteiger partial charge in [-0.05, 0) is 19.2 Å². The van der Waals surface area contributed by atoms with Gasteiger partial charge in [-0.1, -0.05) is 0 Å². The molecule has 0 aliphatic heterocycles.